The number of ketones is 1. The van der Waals surface area contributed by atoms with Crippen LogP contribution < -0.4 is 5.73 Å². The van der Waals surface area contributed by atoms with E-state index in [4.69, 9.17) is 5.73 Å². The summed E-state index contributed by atoms with van der Waals surface area (Å²) < 4.78 is 3.57. The molecule has 0 aliphatic heterocycles. The number of nitrogens with zero attached hydrogens (tertiary/aromatic N) is 5. The maximum atomic E-state index is 12.1. The molecule has 102 valence electrons. The van der Waals surface area contributed by atoms with Crippen molar-refractivity contribution in [1.29, 1.82) is 0 Å². The number of Topliss-reactive ketones (excluding diaryl/α,β-unsaturated/α-hetero) is 1. The molecule has 0 atom stereocenters. The van der Waals surface area contributed by atoms with E-state index >= 15 is 0 Å². The first-order valence-electron chi connectivity index (χ1n) is 6.36. The average molecular weight is 262 g/mol. The van der Waals surface area contributed by atoms with E-state index in [0.29, 0.717) is 24.6 Å². The summed E-state index contributed by atoms with van der Waals surface area (Å²) in [7, 11) is 0. The summed E-state index contributed by atoms with van der Waals surface area (Å²) in [6, 6.07) is 0. The van der Waals surface area contributed by atoms with Gasteiger partial charge < -0.3 is 10.3 Å². The minimum atomic E-state index is -0.0545. The van der Waals surface area contributed by atoms with Gasteiger partial charge in [0.1, 0.15) is 17.8 Å². The lowest BCUT2D eigenvalue weighted by Crippen LogP contribution is -2.12. The second kappa shape index (κ2) is 6.24. The van der Waals surface area contributed by atoms with Crippen LogP contribution in [0.25, 0.3) is 0 Å². The predicted molar refractivity (Wildman–Crippen MR) is 69.6 cm³/mol. The van der Waals surface area contributed by atoms with Crippen molar-refractivity contribution < 1.29 is 4.79 Å². The summed E-state index contributed by atoms with van der Waals surface area (Å²) in [6.07, 6.45) is 5.99. The fourth-order valence-electron chi connectivity index (χ4n) is 1.83. The van der Waals surface area contributed by atoms with Gasteiger partial charge >= 0.3 is 0 Å². The molecule has 2 aromatic rings. The van der Waals surface area contributed by atoms with E-state index in [9.17, 15) is 4.79 Å². The highest BCUT2D eigenvalue weighted by molar-refractivity contribution is 5.95. The number of nitrogens with two attached hydrogens (primary N) is 1. The summed E-state index contributed by atoms with van der Waals surface area (Å²) in [4.78, 5) is 20.3. The third-order valence-electron chi connectivity index (χ3n) is 2.76. The van der Waals surface area contributed by atoms with Crippen molar-refractivity contribution in [2.24, 2.45) is 5.73 Å². The van der Waals surface area contributed by atoms with Crippen molar-refractivity contribution in [3.05, 3.63) is 30.4 Å². The van der Waals surface area contributed by atoms with Gasteiger partial charge in [-0.3, -0.25) is 4.79 Å². The first kappa shape index (κ1) is 13.4. The van der Waals surface area contributed by atoms with Gasteiger partial charge in [0.15, 0.2) is 5.78 Å². The molecule has 0 aliphatic rings. The van der Waals surface area contributed by atoms with Gasteiger partial charge in [0.25, 0.3) is 0 Å². The molecule has 2 aromatic heterocycles. The van der Waals surface area contributed by atoms with E-state index in [1.807, 2.05) is 4.57 Å². The monoisotopic (exact) mass is 262 g/mol. The van der Waals surface area contributed by atoms with Crippen molar-refractivity contribution in [3.63, 3.8) is 0 Å². The van der Waals surface area contributed by atoms with Crippen LogP contribution in [0.2, 0.25) is 0 Å². The van der Waals surface area contributed by atoms with E-state index in [1.54, 1.807) is 17.2 Å². The first-order valence-corrected chi connectivity index (χ1v) is 6.36. The topological polar surface area (TPSA) is 91.6 Å². The van der Waals surface area contributed by atoms with Crippen molar-refractivity contribution >= 4 is 5.78 Å². The van der Waals surface area contributed by atoms with Crippen molar-refractivity contribution in [3.8, 4) is 0 Å². The highest BCUT2D eigenvalue weighted by Gasteiger charge is 2.14. The highest BCUT2D eigenvalue weighted by atomic mass is 16.1. The number of aryl methyl sites for hydroxylation is 1. The SMILES string of the molecule is CCCn1ncnc1CC(=O)c1cn(CCN)cn1. The summed E-state index contributed by atoms with van der Waals surface area (Å²) in [5.74, 6) is 0.626. The molecule has 2 N–H and O–H groups in total. The Morgan fingerprint density at radius 1 is 1.37 bits per heavy atom. The van der Waals surface area contributed by atoms with Gasteiger partial charge in [-0.15, -0.1) is 0 Å². The molecule has 19 heavy (non-hydrogen) atoms. The quantitative estimate of drug-likeness (QED) is 0.723. The standard InChI is InChI=1S/C12H18N6O/c1-2-4-18-12(14-8-16-18)6-11(19)10-7-17(5-3-13)9-15-10/h7-9H,2-6,13H2,1H3. The molecule has 0 amide bonds. The second-order valence-electron chi connectivity index (χ2n) is 4.28. The zero-order valence-corrected chi connectivity index (χ0v) is 11.0. The minimum Gasteiger partial charge on any atom is -0.335 e. The number of aromatic nitrogens is 5. The second-order valence-corrected chi connectivity index (χ2v) is 4.28. The number of carbonyl (C=O) groups is 1. The van der Waals surface area contributed by atoms with Gasteiger partial charge in [0.2, 0.25) is 0 Å². The van der Waals surface area contributed by atoms with Crippen LogP contribution in [0.4, 0.5) is 0 Å². The Kier molecular flexibility index (Phi) is 4.40. The zero-order valence-electron chi connectivity index (χ0n) is 11.0. The molecule has 0 saturated carbocycles. The van der Waals surface area contributed by atoms with Crippen LogP contribution in [-0.2, 0) is 19.5 Å². The molecule has 7 nitrogen and oxygen atoms in total. The van der Waals surface area contributed by atoms with E-state index in [0.717, 1.165) is 13.0 Å². The Hall–Kier alpha value is -2.02. The molecular weight excluding hydrogens is 244 g/mol. The molecule has 2 rings (SSSR count). The summed E-state index contributed by atoms with van der Waals surface area (Å²) in [5, 5.41) is 4.10. The van der Waals surface area contributed by atoms with E-state index in [2.05, 4.69) is 22.0 Å². The maximum Gasteiger partial charge on any atom is 0.190 e. The smallest absolute Gasteiger partial charge is 0.190 e. The van der Waals surface area contributed by atoms with Gasteiger partial charge in [-0.1, -0.05) is 6.92 Å². The fourth-order valence-corrected chi connectivity index (χ4v) is 1.83. The van der Waals surface area contributed by atoms with Crippen LogP contribution in [0.5, 0.6) is 0 Å². The largest absolute Gasteiger partial charge is 0.335 e. The Morgan fingerprint density at radius 3 is 2.95 bits per heavy atom. The molecule has 7 heteroatoms. The van der Waals surface area contributed by atoms with Gasteiger partial charge in [-0.05, 0) is 6.42 Å². The number of hydrogen-bond acceptors (Lipinski definition) is 5. The molecule has 0 radical (unpaired) electrons. The number of hydrogen-bond donors (Lipinski definition) is 1. The Labute approximate surface area is 111 Å². The summed E-state index contributed by atoms with van der Waals surface area (Å²) in [5.41, 5.74) is 5.90. The van der Waals surface area contributed by atoms with Crippen LogP contribution in [0.1, 0.15) is 29.7 Å². The Morgan fingerprint density at radius 2 is 2.21 bits per heavy atom. The lowest BCUT2D eigenvalue weighted by Gasteiger charge is -2.02. The molecule has 0 saturated heterocycles. The Balaban J connectivity index is 2.05. The number of imidazole rings is 1. The van der Waals surface area contributed by atoms with E-state index in [-0.39, 0.29) is 12.2 Å². The van der Waals surface area contributed by atoms with Gasteiger partial charge in [-0.2, -0.15) is 5.10 Å². The van der Waals surface area contributed by atoms with Crippen molar-refractivity contribution in [2.75, 3.05) is 6.54 Å². The van der Waals surface area contributed by atoms with E-state index in [1.165, 1.54) is 6.33 Å². The average Bonchev–Trinajstić information content (AvgIpc) is 3.01. The maximum absolute atomic E-state index is 12.1. The van der Waals surface area contributed by atoms with Crippen LogP contribution in [0.15, 0.2) is 18.9 Å². The molecule has 0 spiro atoms. The van der Waals surface area contributed by atoms with Crippen molar-refractivity contribution in [2.45, 2.75) is 32.9 Å². The van der Waals surface area contributed by atoms with Crippen LogP contribution in [0.3, 0.4) is 0 Å². The normalized spacial score (nSPS) is 10.8. The van der Waals surface area contributed by atoms with Gasteiger partial charge in [0.05, 0.1) is 12.7 Å². The highest BCUT2D eigenvalue weighted by Crippen LogP contribution is 2.04. The van der Waals surface area contributed by atoms with Crippen LogP contribution in [-0.4, -0.2) is 36.6 Å². The van der Waals surface area contributed by atoms with Crippen LogP contribution in [0, 0.1) is 0 Å². The molecule has 0 bridgehead atoms. The Bertz CT molecular complexity index is 544. The van der Waals surface area contributed by atoms with E-state index < -0.39 is 0 Å². The summed E-state index contributed by atoms with van der Waals surface area (Å²) in [6.45, 7) is 4.01. The van der Waals surface area contributed by atoms with Gasteiger partial charge in [0, 0.05) is 25.8 Å². The molecule has 0 fully saturated rings. The third kappa shape index (κ3) is 3.25. The third-order valence-corrected chi connectivity index (χ3v) is 2.76. The lowest BCUT2D eigenvalue weighted by atomic mass is 10.2. The van der Waals surface area contributed by atoms with Crippen molar-refractivity contribution in [1.82, 2.24) is 24.3 Å². The minimum absolute atomic E-state index is 0.0545. The molecule has 0 unspecified atom stereocenters. The van der Waals surface area contributed by atoms with Crippen LogP contribution >= 0.6 is 0 Å². The van der Waals surface area contributed by atoms with Gasteiger partial charge in [-0.25, -0.2) is 14.6 Å². The number of carbonyl (C=O) groups excluding carboxylic acids is 1. The predicted octanol–water partition coefficient (Wildman–Crippen LogP) is 0.269. The molecule has 2 heterocycles. The molecule has 0 aromatic carbocycles. The zero-order chi connectivity index (χ0) is 13.7. The lowest BCUT2D eigenvalue weighted by molar-refractivity contribution is 0.0985. The first-order chi connectivity index (χ1) is 9.24. The molecular formula is C12H18N6O. The summed E-state index contributed by atoms with van der Waals surface area (Å²) >= 11 is 0. The fraction of sp³-hybridized carbons (Fsp3) is 0.500. The number of rotatable bonds is 7. The molecule has 0 aliphatic carbocycles.